The number of hydrogen-bond acceptors (Lipinski definition) is 6. The average molecular weight is 348 g/mol. The molecule has 0 amide bonds. The van der Waals surface area contributed by atoms with Crippen molar-refractivity contribution in [3.8, 4) is 0 Å². The molecule has 19 heavy (non-hydrogen) atoms. The van der Waals surface area contributed by atoms with E-state index >= 15 is 0 Å². The molecule has 0 aromatic heterocycles. The van der Waals surface area contributed by atoms with Crippen molar-refractivity contribution >= 4 is 39.5 Å². The van der Waals surface area contributed by atoms with Gasteiger partial charge in [0, 0.05) is 22.1 Å². The van der Waals surface area contributed by atoms with Gasteiger partial charge in [0.05, 0.1) is 0 Å². The Labute approximate surface area is 127 Å². The van der Waals surface area contributed by atoms with Crippen molar-refractivity contribution < 1.29 is 28.4 Å². The fraction of sp³-hybridized carbons (Fsp3) is 1.00. The second-order valence-corrected chi connectivity index (χ2v) is 12.0. The largest absolute Gasteiger partial charge is 3.00 e. The van der Waals surface area contributed by atoms with Crippen molar-refractivity contribution in [1.82, 2.24) is 0 Å². The van der Waals surface area contributed by atoms with Crippen LogP contribution in [0.2, 0.25) is 0 Å². The zero-order chi connectivity index (χ0) is 15.6. The van der Waals surface area contributed by atoms with Crippen LogP contribution in [0.15, 0.2) is 0 Å². The third kappa shape index (κ3) is 54.7. The molecule has 0 aromatic carbocycles. The van der Waals surface area contributed by atoms with E-state index < -0.39 is 22.1 Å². The van der Waals surface area contributed by atoms with E-state index in [-0.39, 0.29) is 35.8 Å². The molecule has 3 unspecified atom stereocenters. The summed E-state index contributed by atoms with van der Waals surface area (Å²) in [5.41, 5.74) is 0. The first-order chi connectivity index (χ1) is 7.68. The summed E-state index contributed by atoms with van der Waals surface area (Å²) in [5, 5.41) is 0. The summed E-state index contributed by atoms with van der Waals surface area (Å²) < 4.78 is 30.1. The Kier molecular flexibility index (Phi) is 19.1. The Morgan fingerprint density at radius 3 is 0.684 bits per heavy atom. The van der Waals surface area contributed by atoms with Gasteiger partial charge in [0.15, 0.2) is 0 Å². The van der Waals surface area contributed by atoms with E-state index in [0.717, 1.165) is 0 Å². The van der Waals surface area contributed by atoms with Gasteiger partial charge in [0.2, 0.25) is 0 Å². The first kappa shape index (κ1) is 28.3. The fourth-order valence-corrected chi connectivity index (χ4v) is 0. The standard InChI is InChI=1S/3C3H9O2P.Al/c3*1-3-6(2,4)5;/h3*3H2,1-2H3,(H,4,5);/q;;;+3/p-3. The molecule has 0 saturated carbocycles. The topological polar surface area (TPSA) is 120 Å². The summed E-state index contributed by atoms with van der Waals surface area (Å²) in [6.45, 7) is 8.63. The van der Waals surface area contributed by atoms with Gasteiger partial charge in [0.1, 0.15) is 0 Å². The van der Waals surface area contributed by atoms with Gasteiger partial charge < -0.3 is 28.4 Å². The molecule has 0 radical (unpaired) electrons. The van der Waals surface area contributed by atoms with Crippen LogP contribution < -0.4 is 14.7 Å². The van der Waals surface area contributed by atoms with E-state index in [1.807, 2.05) is 0 Å². The fourth-order valence-electron chi connectivity index (χ4n) is 0. The van der Waals surface area contributed by atoms with Crippen molar-refractivity contribution in [2.75, 3.05) is 38.5 Å². The van der Waals surface area contributed by atoms with Crippen molar-refractivity contribution in [2.45, 2.75) is 20.8 Å². The van der Waals surface area contributed by atoms with Gasteiger partial charge in [-0.15, -0.1) is 0 Å². The third-order valence-corrected chi connectivity index (χ3v) is 5.17. The van der Waals surface area contributed by atoms with Gasteiger partial charge in [-0.1, -0.05) is 20.8 Å². The van der Waals surface area contributed by atoms with Crippen LogP contribution in [0.4, 0.5) is 0 Å². The van der Waals surface area contributed by atoms with Crippen LogP contribution in [-0.2, 0) is 13.7 Å². The van der Waals surface area contributed by atoms with Crippen LogP contribution in [-0.4, -0.2) is 55.8 Å². The normalized spacial score (nSPS) is 18.8. The molecular weight excluding hydrogens is 324 g/mol. The predicted octanol–water partition coefficient (Wildman–Crippen LogP) is 0.443. The molecule has 0 heterocycles. The molecule has 0 aliphatic rings. The zero-order valence-corrected chi connectivity index (χ0v) is 16.3. The first-order valence-electron chi connectivity index (χ1n) is 5.51. The van der Waals surface area contributed by atoms with Crippen LogP contribution in [0, 0.1) is 0 Å². The Morgan fingerprint density at radius 2 is 0.684 bits per heavy atom. The van der Waals surface area contributed by atoms with Crippen LogP contribution in [0.3, 0.4) is 0 Å². The maximum Gasteiger partial charge on any atom is 3.00 e. The Morgan fingerprint density at radius 1 is 0.632 bits per heavy atom. The molecule has 0 rings (SSSR count). The molecule has 0 N–H and O–H groups in total. The molecular formula is C9H24AlO6P3. The van der Waals surface area contributed by atoms with Gasteiger partial charge in [0.25, 0.3) is 0 Å². The van der Waals surface area contributed by atoms with E-state index in [9.17, 15) is 28.4 Å². The summed E-state index contributed by atoms with van der Waals surface area (Å²) >= 11 is 0. The molecule has 6 nitrogen and oxygen atoms in total. The van der Waals surface area contributed by atoms with E-state index in [4.69, 9.17) is 0 Å². The van der Waals surface area contributed by atoms with Crippen LogP contribution in [0.1, 0.15) is 20.8 Å². The summed E-state index contributed by atoms with van der Waals surface area (Å²) in [6, 6.07) is 0. The number of hydrogen-bond donors (Lipinski definition) is 0. The summed E-state index contributed by atoms with van der Waals surface area (Å²) in [6.07, 6.45) is 0.812. The molecule has 0 aliphatic carbocycles. The van der Waals surface area contributed by atoms with Crippen LogP contribution >= 0.6 is 22.1 Å². The minimum Gasteiger partial charge on any atom is -0.799 e. The first-order valence-corrected chi connectivity index (χ1v) is 12.3. The molecule has 0 aromatic rings. The molecule has 0 fully saturated rings. The van der Waals surface area contributed by atoms with Gasteiger partial charge in [-0.3, -0.25) is 0 Å². The van der Waals surface area contributed by atoms with Crippen molar-refractivity contribution in [2.24, 2.45) is 0 Å². The third-order valence-electron chi connectivity index (χ3n) is 1.72. The maximum absolute atomic E-state index is 10.0. The summed E-state index contributed by atoms with van der Waals surface area (Å²) in [5.74, 6) is 0. The molecule has 0 spiro atoms. The van der Waals surface area contributed by atoms with Crippen LogP contribution in [0.5, 0.6) is 0 Å². The zero-order valence-electron chi connectivity index (χ0n) is 12.5. The Bertz CT molecular complexity index is 277. The van der Waals surface area contributed by atoms with E-state index in [1.165, 1.54) is 20.0 Å². The van der Waals surface area contributed by atoms with Crippen molar-refractivity contribution in [3.05, 3.63) is 0 Å². The second-order valence-electron chi connectivity index (χ2n) is 3.99. The number of rotatable bonds is 3. The molecule has 0 aliphatic heterocycles. The van der Waals surface area contributed by atoms with E-state index in [0.29, 0.717) is 0 Å². The van der Waals surface area contributed by atoms with E-state index in [1.54, 1.807) is 20.8 Å². The monoisotopic (exact) mass is 348 g/mol. The van der Waals surface area contributed by atoms with Crippen LogP contribution in [0.25, 0.3) is 0 Å². The summed E-state index contributed by atoms with van der Waals surface area (Å²) in [4.78, 5) is 30.1. The predicted molar refractivity (Wildman–Crippen MR) is 78.0 cm³/mol. The van der Waals surface area contributed by atoms with Gasteiger partial charge in [-0.25, -0.2) is 0 Å². The van der Waals surface area contributed by atoms with Crippen molar-refractivity contribution in [3.63, 3.8) is 0 Å². The molecule has 0 bridgehead atoms. The molecule has 114 valence electrons. The second kappa shape index (κ2) is 12.8. The minimum absolute atomic E-state index is 0. The van der Waals surface area contributed by atoms with E-state index in [2.05, 4.69) is 0 Å². The quantitative estimate of drug-likeness (QED) is 0.539. The average Bonchev–Trinajstić information content (AvgIpc) is 2.16. The molecule has 0 saturated heterocycles. The summed E-state index contributed by atoms with van der Waals surface area (Å²) in [7, 11) is -8.69. The smallest absolute Gasteiger partial charge is 0.799 e. The minimum atomic E-state index is -2.90. The molecule has 10 heteroatoms. The SMILES string of the molecule is CCP(C)(=O)[O-].CCP(C)(=O)[O-].CCP(C)(=O)[O-].[Al+3]. The Balaban J connectivity index is -0.0000000865. The Hall–Kier alpha value is 1.10. The van der Waals surface area contributed by atoms with Gasteiger partial charge >= 0.3 is 17.4 Å². The van der Waals surface area contributed by atoms with Gasteiger partial charge in [-0.05, 0) is 38.5 Å². The van der Waals surface area contributed by atoms with Gasteiger partial charge in [-0.2, -0.15) is 0 Å². The maximum atomic E-state index is 10.0. The molecule has 3 atom stereocenters. The van der Waals surface area contributed by atoms with Crippen molar-refractivity contribution in [1.29, 1.82) is 0 Å².